The topological polar surface area (TPSA) is 82.0 Å². The van der Waals surface area contributed by atoms with Gasteiger partial charge in [0.25, 0.3) is 11.5 Å². The van der Waals surface area contributed by atoms with Crippen LogP contribution in [-0.2, 0) is 17.7 Å². The number of carbonyl (C=O) groups excluding carboxylic acids is 1. The third-order valence-corrected chi connectivity index (χ3v) is 5.47. The molecule has 1 aromatic heterocycles. The lowest BCUT2D eigenvalue weighted by atomic mass is 10.1. The Bertz CT molecular complexity index is 928. The highest BCUT2D eigenvalue weighted by Crippen LogP contribution is 2.22. The molecule has 2 aromatic rings. The predicted molar refractivity (Wildman–Crippen MR) is 118 cm³/mol. The quantitative estimate of drug-likeness (QED) is 0.650. The molecule has 0 saturated carbocycles. The summed E-state index contributed by atoms with van der Waals surface area (Å²) in [5.41, 5.74) is 1.60. The lowest BCUT2D eigenvalue weighted by molar-refractivity contribution is 0.0362. The number of rotatable bonds is 9. The summed E-state index contributed by atoms with van der Waals surface area (Å²) in [5.74, 6) is 1.04. The minimum absolute atomic E-state index is 0.202. The van der Waals surface area contributed by atoms with Crippen LogP contribution in [0.15, 0.2) is 35.3 Å². The first-order chi connectivity index (χ1) is 15.0. The van der Waals surface area contributed by atoms with Gasteiger partial charge in [-0.2, -0.15) is 0 Å². The van der Waals surface area contributed by atoms with Gasteiger partial charge in [0, 0.05) is 45.0 Å². The van der Waals surface area contributed by atoms with Crippen LogP contribution in [0, 0.1) is 6.92 Å². The monoisotopic (exact) mass is 429 g/mol. The van der Waals surface area contributed by atoms with Crippen LogP contribution in [0.2, 0.25) is 0 Å². The molecule has 1 aliphatic rings. The van der Waals surface area contributed by atoms with Crippen LogP contribution in [0.5, 0.6) is 11.5 Å². The number of nitrogens with one attached hydrogen (secondary N) is 1. The van der Waals surface area contributed by atoms with E-state index in [0.717, 1.165) is 38.4 Å². The summed E-state index contributed by atoms with van der Waals surface area (Å²) in [6.45, 7) is 6.65. The fraction of sp³-hybridized carbons (Fsp3) is 0.478. The number of aryl methyl sites for hydroxylation is 1. The van der Waals surface area contributed by atoms with Crippen LogP contribution < -0.4 is 20.3 Å². The number of carbonyl (C=O) groups is 1. The van der Waals surface area contributed by atoms with Gasteiger partial charge in [0.1, 0.15) is 17.1 Å². The molecule has 168 valence electrons. The molecule has 1 aliphatic heterocycles. The van der Waals surface area contributed by atoms with Crippen LogP contribution in [0.4, 0.5) is 0 Å². The van der Waals surface area contributed by atoms with Crippen molar-refractivity contribution in [3.63, 3.8) is 0 Å². The number of benzene rings is 1. The number of morpholine rings is 1. The zero-order valence-electron chi connectivity index (χ0n) is 18.5. The van der Waals surface area contributed by atoms with Gasteiger partial charge in [-0.3, -0.25) is 14.5 Å². The molecular formula is C23H31N3O5. The summed E-state index contributed by atoms with van der Waals surface area (Å²) in [7, 11) is 3.20. The van der Waals surface area contributed by atoms with E-state index in [1.807, 2.05) is 18.2 Å². The number of methoxy groups -OCH3 is 2. The Hall–Kier alpha value is -2.84. The molecule has 0 spiro atoms. The minimum Gasteiger partial charge on any atom is -0.497 e. The average molecular weight is 430 g/mol. The highest BCUT2D eigenvalue weighted by Gasteiger charge is 2.17. The Labute approximate surface area is 182 Å². The van der Waals surface area contributed by atoms with Gasteiger partial charge in [0.2, 0.25) is 0 Å². The Kier molecular flexibility index (Phi) is 8.08. The lowest BCUT2D eigenvalue weighted by Gasteiger charge is -2.26. The van der Waals surface area contributed by atoms with E-state index >= 15 is 0 Å². The summed E-state index contributed by atoms with van der Waals surface area (Å²) in [6, 6.07) is 7.43. The van der Waals surface area contributed by atoms with Crippen molar-refractivity contribution in [3.05, 3.63) is 57.5 Å². The molecular weight excluding hydrogens is 398 g/mol. The molecule has 1 fully saturated rings. The molecule has 8 heteroatoms. The summed E-state index contributed by atoms with van der Waals surface area (Å²) in [6.07, 6.45) is 2.35. The van der Waals surface area contributed by atoms with E-state index in [1.165, 1.54) is 0 Å². The minimum atomic E-state index is -0.349. The summed E-state index contributed by atoms with van der Waals surface area (Å²) < 4.78 is 17.5. The molecule has 1 N–H and O–H groups in total. The fourth-order valence-electron chi connectivity index (χ4n) is 3.61. The number of amides is 1. The summed E-state index contributed by atoms with van der Waals surface area (Å²) in [4.78, 5) is 28.0. The van der Waals surface area contributed by atoms with Crippen molar-refractivity contribution in [1.82, 2.24) is 14.8 Å². The summed E-state index contributed by atoms with van der Waals surface area (Å²) >= 11 is 0. The first-order valence-electron chi connectivity index (χ1n) is 10.5. The second-order valence-corrected chi connectivity index (χ2v) is 7.55. The maximum absolute atomic E-state index is 12.9. The Morgan fingerprint density at radius 3 is 2.42 bits per heavy atom. The van der Waals surface area contributed by atoms with Gasteiger partial charge >= 0.3 is 0 Å². The number of nitrogens with zero attached hydrogens (tertiary/aromatic N) is 2. The maximum atomic E-state index is 12.9. The van der Waals surface area contributed by atoms with Crippen molar-refractivity contribution in [2.45, 2.75) is 19.9 Å². The normalized spacial score (nSPS) is 14.3. The van der Waals surface area contributed by atoms with Gasteiger partial charge in [-0.05, 0) is 42.7 Å². The number of pyridine rings is 1. The van der Waals surface area contributed by atoms with Gasteiger partial charge in [-0.25, -0.2) is 0 Å². The van der Waals surface area contributed by atoms with Crippen molar-refractivity contribution >= 4 is 5.91 Å². The van der Waals surface area contributed by atoms with Crippen LogP contribution in [-0.4, -0.2) is 69.0 Å². The maximum Gasteiger partial charge on any atom is 0.263 e. The fourth-order valence-corrected chi connectivity index (χ4v) is 3.61. The molecule has 2 heterocycles. The van der Waals surface area contributed by atoms with E-state index in [0.29, 0.717) is 36.6 Å². The molecule has 0 radical (unpaired) electrons. The van der Waals surface area contributed by atoms with E-state index in [4.69, 9.17) is 14.2 Å². The molecule has 0 atom stereocenters. The zero-order chi connectivity index (χ0) is 22.2. The Morgan fingerprint density at radius 2 is 1.77 bits per heavy atom. The zero-order valence-corrected chi connectivity index (χ0v) is 18.5. The first kappa shape index (κ1) is 22.8. The van der Waals surface area contributed by atoms with Gasteiger partial charge in [-0.1, -0.05) is 0 Å². The van der Waals surface area contributed by atoms with Crippen LogP contribution in [0.3, 0.4) is 0 Å². The standard InChI is InChI=1S/C23H31N3O5/c1-17-5-7-26(9-8-25-10-12-31-13-11-25)23(28)21(17)22(27)24-6-4-18-14-19(29-2)16-20(15-18)30-3/h5,7,14-16H,4,6,8-13H2,1-3H3,(H,24,27). The molecule has 1 amide bonds. The van der Waals surface area contributed by atoms with Gasteiger partial charge < -0.3 is 24.1 Å². The van der Waals surface area contributed by atoms with Gasteiger partial charge in [-0.15, -0.1) is 0 Å². The van der Waals surface area contributed by atoms with Crippen LogP contribution >= 0.6 is 0 Å². The van der Waals surface area contributed by atoms with Crippen molar-refractivity contribution in [1.29, 1.82) is 0 Å². The molecule has 31 heavy (non-hydrogen) atoms. The Balaban J connectivity index is 1.62. The van der Waals surface area contributed by atoms with E-state index < -0.39 is 0 Å². The average Bonchev–Trinajstić information content (AvgIpc) is 2.79. The van der Waals surface area contributed by atoms with Crippen molar-refractivity contribution in [2.24, 2.45) is 0 Å². The molecule has 0 aliphatic carbocycles. The van der Waals surface area contributed by atoms with Crippen LogP contribution in [0.25, 0.3) is 0 Å². The van der Waals surface area contributed by atoms with Crippen molar-refractivity contribution in [2.75, 3.05) is 53.6 Å². The molecule has 1 saturated heterocycles. The van der Waals surface area contributed by atoms with Gasteiger partial charge in [0.15, 0.2) is 0 Å². The largest absolute Gasteiger partial charge is 0.497 e. The lowest BCUT2D eigenvalue weighted by Crippen LogP contribution is -2.40. The van der Waals surface area contributed by atoms with E-state index in [1.54, 1.807) is 38.0 Å². The molecule has 3 rings (SSSR count). The SMILES string of the molecule is COc1cc(CCNC(=O)c2c(C)ccn(CCN3CCOCC3)c2=O)cc(OC)c1. The second kappa shape index (κ2) is 11.0. The van der Waals surface area contributed by atoms with Crippen molar-refractivity contribution < 1.29 is 19.0 Å². The number of ether oxygens (including phenoxy) is 3. The number of aromatic nitrogens is 1. The van der Waals surface area contributed by atoms with Crippen molar-refractivity contribution in [3.8, 4) is 11.5 Å². The van der Waals surface area contributed by atoms with Crippen LogP contribution in [0.1, 0.15) is 21.5 Å². The predicted octanol–water partition coefficient (Wildman–Crippen LogP) is 1.48. The number of hydrogen-bond acceptors (Lipinski definition) is 6. The third-order valence-electron chi connectivity index (χ3n) is 5.47. The Morgan fingerprint density at radius 1 is 1.10 bits per heavy atom. The van der Waals surface area contributed by atoms with Gasteiger partial charge in [0.05, 0.1) is 27.4 Å². The second-order valence-electron chi connectivity index (χ2n) is 7.55. The highest BCUT2D eigenvalue weighted by atomic mass is 16.5. The van der Waals surface area contributed by atoms with E-state index in [2.05, 4.69) is 10.2 Å². The third kappa shape index (κ3) is 6.08. The van der Waals surface area contributed by atoms with E-state index in [9.17, 15) is 9.59 Å². The number of hydrogen-bond donors (Lipinski definition) is 1. The summed E-state index contributed by atoms with van der Waals surface area (Å²) in [5, 5.41) is 2.88. The molecule has 0 unspecified atom stereocenters. The molecule has 8 nitrogen and oxygen atoms in total. The van der Waals surface area contributed by atoms with E-state index in [-0.39, 0.29) is 17.0 Å². The first-order valence-corrected chi connectivity index (χ1v) is 10.5. The highest BCUT2D eigenvalue weighted by molar-refractivity contribution is 5.95. The molecule has 1 aromatic carbocycles. The molecule has 0 bridgehead atoms. The smallest absolute Gasteiger partial charge is 0.263 e.